The van der Waals surface area contributed by atoms with E-state index < -0.39 is 0 Å². The van der Waals surface area contributed by atoms with Crippen LogP contribution in [0, 0.1) is 11.3 Å². The van der Waals surface area contributed by atoms with E-state index in [4.69, 9.17) is 15.3 Å². The van der Waals surface area contributed by atoms with Crippen LogP contribution in [-0.4, -0.2) is 31.5 Å². The molecule has 0 aromatic carbocycles. The summed E-state index contributed by atoms with van der Waals surface area (Å²) in [5.41, 5.74) is 3.42. The van der Waals surface area contributed by atoms with E-state index in [0.717, 1.165) is 39.1 Å². The number of nitrogens with one attached hydrogen (secondary N) is 1. The molecule has 0 bridgehead atoms. The Bertz CT molecular complexity index is 291. The third-order valence-electron chi connectivity index (χ3n) is 5.29. The van der Waals surface area contributed by atoms with E-state index in [1.165, 1.54) is 19.3 Å². The van der Waals surface area contributed by atoms with Crippen LogP contribution in [0.4, 0.5) is 0 Å². The van der Waals surface area contributed by atoms with Crippen molar-refractivity contribution >= 4 is 0 Å². The van der Waals surface area contributed by atoms with Crippen molar-refractivity contribution in [1.82, 2.24) is 5.43 Å². The second-order valence-corrected chi connectivity index (χ2v) is 7.28. The number of hydrogen-bond acceptors (Lipinski definition) is 4. The molecule has 20 heavy (non-hydrogen) atoms. The number of nitrogens with two attached hydrogens (primary N) is 1. The second kappa shape index (κ2) is 6.73. The smallest absolute Gasteiger partial charge is 0.0852 e. The van der Waals surface area contributed by atoms with E-state index in [9.17, 15) is 0 Å². The molecule has 0 amide bonds. The minimum absolute atomic E-state index is 0.107. The highest BCUT2D eigenvalue weighted by Crippen LogP contribution is 2.45. The van der Waals surface area contributed by atoms with Gasteiger partial charge in [0.1, 0.15) is 0 Å². The van der Waals surface area contributed by atoms with Gasteiger partial charge in [0.2, 0.25) is 0 Å². The van der Waals surface area contributed by atoms with Crippen LogP contribution in [-0.2, 0) is 9.47 Å². The molecule has 0 aromatic rings. The predicted molar refractivity (Wildman–Crippen MR) is 81.3 cm³/mol. The van der Waals surface area contributed by atoms with Crippen molar-refractivity contribution in [3.63, 3.8) is 0 Å². The molecule has 2 rings (SSSR count). The summed E-state index contributed by atoms with van der Waals surface area (Å²) in [5.74, 6) is 6.41. The zero-order valence-electron chi connectivity index (χ0n) is 13.4. The number of hydrogen-bond donors (Lipinski definition) is 2. The van der Waals surface area contributed by atoms with Crippen molar-refractivity contribution in [2.24, 2.45) is 17.2 Å². The lowest BCUT2D eigenvalue weighted by Crippen LogP contribution is -2.61. The summed E-state index contributed by atoms with van der Waals surface area (Å²) in [6.07, 6.45) is 6.93. The third-order valence-corrected chi connectivity index (χ3v) is 5.29. The Balaban J connectivity index is 2.12. The molecule has 0 aromatic heterocycles. The van der Waals surface area contributed by atoms with E-state index in [1.54, 1.807) is 0 Å². The summed E-state index contributed by atoms with van der Waals surface area (Å²) in [6, 6.07) is 0.207. The molecule has 4 heteroatoms. The molecule has 1 aliphatic heterocycles. The lowest BCUT2D eigenvalue weighted by Gasteiger charge is -2.50. The van der Waals surface area contributed by atoms with E-state index in [1.807, 2.05) is 0 Å². The lowest BCUT2D eigenvalue weighted by atomic mass is 9.66. The van der Waals surface area contributed by atoms with Crippen molar-refractivity contribution in [1.29, 1.82) is 0 Å². The van der Waals surface area contributed by atoms with Crippen LogP contribution in [0.1, 0.15) is 59.3 Å². The van der Waals surface area contributed by atoms with Gasteiger partial charge in [0, 0.05) is 19.1 Å². The van der Waals surface area contributed by atoms with Gasteiger partial charge < -0.3 is 9.47 Å². The SMILES string of the molecule is CCOC1(C(NN)C2CCCOC2)CCC(C)(C)CC1. The van der Waals surface area contributed by atoms with E-state index >= 15 is 0 Å². The molecule has 2 atom stereocenters. The average Bonchev–Trinajstić information content (AvgIpc) is 2.44. The molecule has 1 saturated carbocycles. The molecular weight excluding hydrogens is 252 g/mol. The fourth-order valence-electron chi connectivity index (χ4n) is 3.93. The molecule has 1 heterocycles. The van der Waals surface area contributed by atoms with Gasteiger partial charge in [-0.2, -0.15) is 0 Å². The highest BCUT2D eigenvalue weighted by Gasteiger charge is 2.47. The maximum Gasteiger partial charge on any atom is 0.0852 e. The number of rotatable bonds is 5. The standard InChI is InChI=1S/C16H32N2O2/c1-4-20-16(9-7-15(2,3)8-10-16)14(18-17)13-6-5-11-19-12-13/h13-14,18H,4-12,17H2,1-3H3. The average molecular weight is 284 g/mol. The van der Waals surface area contributed by atoms with E-state index in [-0.39, 0.29) is 11.6 Å². The van der Waals surface area contributed by atoms with Crippen molar-refractivity contribution in [2.75, 3.05) is 19.8 Å². The summed E-state index contributed by atoms with van der Waals surface area (Å²) in [6.45, 7) is 9.27. The monoisotopic (exact) mass is 284 g/mol. The molecule has 0 spiro atoms. The zero-order valence-corrected chi connectivity index (χ0v) is 13.4. The summed E-state index contributed by atoms with van der Waals surface area (Å²) >= 11 is 0. The third kappa shape index (κ3) is 3.53. The minimum atomic E-state index is -0.107. The Morgan fingerprint density at radius 2 is 2.00 bits per heavy atom. The van der Waals surface area contributed by atoms with Crippen molar-refractivity contribution < 1.29 is 9.47 Å². The second-order valence-electron chi connectivity index (χ2n) is 7.28. The maximum absolute atomic E-state index is 6.27. The summed E-state index contributed by atoms with van der Waals surface area (Å²) in [7, 11) is 0. The first-order valence-corrected chi connectivity index (χ1v) is 8.21. The fraction of sp³-hybridized carbons (Fsp3) is 1.00. The maximum atomic E-state index is 6.27. The Morgan fingerprint density at radius 3 is 2.50 bits per heavy atom. The highest BCUT2D eigenvalue weighted by molar-refractivity contribution is 5.01. The Morgan fingerprint density at radius 1 is 1.30 bits per heavy atom. The van der Waals surface area contributed by atoms with Crippen molar-refractivity contribution in [3.8, 4) is 0 Å². The molecule has 4 nitrogen and oxygen atoms in total. The predicted octanol–water partition coefficient (Wildman–Crippen LogP) is 2.62. The van der Waals surface area contributed by atoms with E-state index in [0.29, 0.717) is 11.3 Å². The molecule has 2 aliphatic rings. The van der Waals surface area contributed by atoms with Crippen LogP contribution < -0.4 is 11.3 Å². The fourth-order valence-corrected chi connectivity index (χ4v) is 3.93. The molecule has 2 unspecified atom stereocenters. The van der Waals surface area contributed by atoms with Gasteiger partial charge in [-0.05, 0) is 50.9 Å². The molecule has 2 fully saturated rings. The van der Waals surface area contributed by atoms with Crippen LogP contribution >= 0.6 is 0 Å². The van der Waals surface area contributed by atoms with Crippen LogP contribution in [0.25, 0.3) is 0 Å². The lowest BCUT2D eigenvalue weighted by molar-refractivity contribution is -0.129. The summed E-state index contributed by atoms with van der Waals surface area (Å²) < 4.78 is 11.9. The molecule has 1 saturated heterocycles. The van der Waals surface area contributed by atoms with Gasteiger partial charge in [0.15, 0.2) is 0 Å². The largest absolute Gasteiger partial charge is 0.381 e. The Labute approximate surface area is 123 Å². The first-order valence-electron chi connectivity index (χ1n) is 8.21. The number of ether oxygens (including phenoxy) is 2. The molecular formula is C16H32N2O2. The molecule has 0 radical (unpaired) electrons. The van der Waals surface area contributed by atoms with Crippen molar-refractivity contribution in [2.45, 2.75) is 70.9 Å². The van der Waals surface area contributed by atoms with Gasteiger partial charge in [0.25, 0.3) is 0 Å². The summed E-state index contributed by atoms with van der Waals surface area (Å²) in [4.78, 5) is 0. The Kier molecular flexibility index (Phi) is 5.46. The van der Waals surface area contributed by atoms with Gasteiger partial charge in [-0.3, -0.25) is 11.3 Å². The van der Waals surface area contributed by atoms with Gasteiger partial charge in [-0.15, -0.1) is 0 Å². The van der Waals surface area contributed by atoms with Crippen LogP contribution in [0.3, 0.4) is 0 Å². The van der Waals surface area contributed by atoms with Gasteiger partial charge in [-0.1, -0.05) is 13.8 Å². The zero-order chi connectivity index (χ0) is 14.6. The topological polar surface area (TPSA) is 56.5 Å². The summed E-state index contributed by atoms with van der Waals surface area (Å²) in [5, 5.41) is 0. The van der Waals surface area contributed by atoms with E-state index in [2.05, 4.69) is 26.2 Å². The van der Waals surface area contributed by atoms with Crippen LogP contribution in [0.2, 0.25) is 0 Å². The van der Waals surface area contributed by atoms with Crippen LogP contribution in [0.5, 0.6) is 0 Å². The van der Waals surface area contributed by atoms with Crippen LogP contribution in [0.15, 0.2) is 0 Å². The van der Waals surface area contributed by atoms with Gasteiger partial charge in [0.05, 0.1) is 18.2 Å². The highest BCUT2D eigenvalue weighted by atomic mass is 16.5. The molecule has 1 aliphatic carbocycles. The van der Waals surface area contributed by atoms with Crippen molar-refractivity contribution in [3.05, 3.63) is 0 Å². The van der Waals surface area contributed by atoms with Gasteiger partial charge in [-0.25, -0.2) is 0 Å². The Hall–Kier alpha value is -0.160. The molecule has 118 valence electrons. The normalized spacial score (nSPS) is 30.9. The first-order chi connectivity index (χ1) is 9.53. The quantitative estimate of drug-likeness (QED) is 0.602. The first kappa shape index (κ1) is 16.2. The minimum Gasteiger partial charge on any atom is -0.381 e. The van der Waals surface area contributed by atoms with Gasteiger partial charge >= 0.3 is 0 Å². The number of hydrazine groups is 1. The molecule has 3 N–H and O–H groups in total.